The maximum atomic E-state index is 13.7. The Morgan fingerprint density at radius 3 is 2.63 bits per heavy atom. The lowest BCUT2D eigenvalue weighted by Gasteiger charge is -2.07. The first-order valence-corrected chi connectivity index (χ1v) is 6.27. The highest BCUT2D eigenvalue weighted by atomic mass is 19.1. The molecule has 1 atom stereocenters. The Morgan fingerprint density at radius 1 is 1.21 bits per heavy atom. The summed E-state index contributed by atoms with van der Waals surface area (Å²) in [5.41, 5.74) is 0.765. The van der Waals surface area contributed by atoms with Crippen LogP contribution < -0.4 is 5.32 Å². The summed E-state index contributed by atoms with van der Waals surface area (Å²) in [6.45, 7) is 1.92. The fourth-order valence-electron chi connectivity index (χ4n) is 2.33. The molecule has 0 saturated carbocycles. The molecule has 1 unspecified atom stereocenters. The molecule has 96 valence electrons. The molecule has 3 nitrogen and oxygen atoms in total. The van der Waals surface area contributed by atoms with Gasteiger partial charge in [0, 0.05) is 10.9 Å². The van der Waals surface area contributed by atoms with Crippen molar-refractivity contribution in [3.05, 3.63) is 47.8 Å². The second-order valence-corrected chi connectivity index (χ2v) is 4.53. The summed E-state index contributed by atoms with van der Waals surface area (Å²) in [6.07, 6.45) is 0.661. The first-order valence-electron chi connectivity index (χ1n) is 6.27. The number of amides is 1. The van der Waals surface area contributed by atoms with Gasteiger partial charge in [-0.3, -0.25) is 9.79 Å². The molecule has 1 heterocycles. The van der Waals surface area contributed by atoms with E-state index in [0.29, 0.717) is 17.6 Å². The molecule has 19 heavy (non-hydrogen) atoms. The number of halogens is 1. The quantitative estimate of drug-likeness (QED) is 0.881. The molecule has 1 aliphatic rings. The van der Waals surface area contributed by atoms with Crippen molar-refractivity contribution in [3.8, 4) is 0 Å². The van der Waals surface area contributed by atoms with Crippen LogP contribution in [-0.2, 0) is 4.79 Å². The van der Waals surface area contributed by atoms with Crippen LogP contribution in [0.3, 0.4) is 0 Å². The Bertz CT molecular complexity index is 694. The van der Waals surface area contributed by atoms with Crippen LogP contribution in [0.25, 0.3) is 10.8 Å². The van der Waals surface area contributed by atoms with Crippen molar-refractivity contribution >= 4 is 22.5 Å². The van der Waals surface area contributed by atoms with Gasteiger partial charge in [-0.15, -0.1) is 0 Å². The van der Waals surface area contributed by atoms with Gasteiger partial charge >= 0.3 is 0 Å². The molecular weight excluding hydrogens is 243 g/mol. The lowest BCUT2D eigenvalue weighted by Crippen LogP contribution is -2.29. The van der Waals surface area contributed by atoms with Crippen molar-refractivity contribution in [1.29, 1.82) is 0 Å². The van der Waals surface area contributed by atoms with Gasteiger partial charge in [-0.2, -0.15) is 0 Å². The molecular formula is C15H13FN2O. The van der Waals surface area contributed by atoms with E-state index in [1.807, 2.05) is 19.1 Å². The Kier molecular flexibility index (Phi) is 2.78. The highest BCUT2D eigenvalue weighted by Crippen LogP contribution is 2.23. The molecule has 0 fully saturated rings. The zero-order valence-electron chi connectivity index (χ0n) is 10.5. The Hall–Kier alpha value is -2.23. The maximum Gasteiger partial charge on any atom is 0.250 e. The molecule has 0 aromatic heterocycles. The number of amidine groups is 1. The van der Waals surface area contributed by atoms with Crippen LogP contribution >= 0.6 is 0 Å². The predicted octanol–water partition coefficient (Wildman–Crippen LogP) is 2.63. The highest BCUT2D eigenvalue weighted by Gasteiger charge is 2.26. The van der Waals surface area contributed by atoms with Gasteiger partial charge in [0.2, 0.25) is 5.91 Å². The van der Waals surface area contributed by atoms with E-state index in [1.54, 1.807) is 18.2 Å². The van der Waals surface area contributed by atoms with Crippen LogP contribution in [-0.4, -0.2) is 17.8 Å². The van der Waals surface area contributed by atoms with E-state index in [9.17, 15) is 9.18 Å². The summed E-state index contributed by atoms with van der Waals surface area (Å²) >= 11 is 0. The average Bonchev–Trinajstić information content (AvgIpc) is 2.80. The third-order valence-corrected chi connectivity index (χ3v) is 3.34. The van der Waals surface area contributed by atoms with Gasteiger partial charge in [0.1, 0.15) is 17.7 Å². The zero-order chi connectivity index (χ0) is 13.4. The minimum absolute atomic E-state index is 0.0918. The molecule has 1 aliphatic heterocycles. The van der Waals surface area contributed by atoms with Gasteiger partial charge in [-0.05, 0) is 23.9 Å². The van der Waals surface area contributed by atoms with E-state index < -0.39 is 0 Å². The number of fused-ring (bicyclic) bond motifs is 1. The first kappa shape index (κ1) is 11.8. The third-order valence-electron chi connectivity index (χ3n) is 3.34. The number of rotatable bonds is 2. The normalized spacial score (nSPS) is 18.5. The number of carbonyl (C=O) groups is 1. The Labute approximate surface area is 110 Å². The van der Waals surface area contributed by atoms with E-state index in [4.69, 9.17) is 0 Å². The number of hydrogen-bond acceptors (Lipinski definition) is 2. The van der Waals surface area contributed by atoms with Crippen molar-refractivity contribution in [2.45, 2.75) is 19.4 Å². The molecule has 1 amide bonds. The average molecular weight is 256 g/mol. The smallest absolute Gasteiger partial charge is 0.250 e. The van der Waals surface area contributed by atoms with Crippen molar-refractivity contribution in [3.63, 3.8) is 0 Å². The second kappa shape index (κ2) is 4.46. The minimum Gasteiger partial charge on any atom is -0.309 e. The Morgan fingerprint density at radius 2 is 1.95 bits per heavy atom. The van der Waals surface area contributed by atoms with E-state index >= 15 is 0 Å². The molecule has 2 aromatic rings. The van der Waals surface area contributed by atoms with Gasteiger partial charge in [-0.25, -0.2) is 4.39 Å². The second-order valence-electron chi connectivity index (χ2n) is 4.53. The van der Waals surface area contributed by atoms with E-state index in [1.165, 1.54) is 6.07 Å². The number of benzene rings is 2. The summed E-state index contributed by atoms with van der Waals surface area (Å²) in [5.74, 6) is 0.176. The van der Waals surface area contributed by atoms with Crippen LogP contribution in [0.15, 0.2) is 41.4 Å². The largest absolute Gasteiger partial charge is 0.309 e. The molecule has 2 aromatic carbocycles. The number of nitrogens with zero attached hydrogens (tertiary/aromatic N) is 1. The fraction of sp³-hybridized carbons (Fsp3) is 0.200. The highest BCUT2D eigenvalue weighted by molar-refractivity contribution is 6.18. The first-order chi connectivity index (χ1) is 9.20. The standard InChI is InChI=1S/C15H13FN2O/c1-2-13-15(19)18-14(17-13)11-7-8-12(16)10-6-4-3-5-9(10)11/h3-8,13H,2H2,1H3,(H,17,18,19). The molecule has 0 bridgehead atoms. The van der Waals surface area contributed by atoms with Crippen LogP contribution in [0.4, 0.5) is 4.39 Å². The van der Waals surface area contributed by atoms with Crippen molar-refractivity contribution in [2.24, 2.45) is 4.99 Å². The van der Waals surface area contributed by atoms with E-state index in [-0.39, 0.29) is 17.8 Å². The van der Waals surface area contributed by atoms with Crippen molar-refractivity contribution in [1.82, 2.24) is 5.32 Å². The van der Waals surface area contributed by atoms with Crippen molar-refractivity contribution < 1.29 is 9.18 Å². The van der Waals surface area contributed by atoms with Crippen molar-refractivity contribution in [2.75, 3.05) is 0 Å². The van der Waals surface area contributed by atoms with E-state index in [2.05, 4.69) is 10.3 Å². The van der Waals surface area contributed by atoms with Crippen LogP contribution in [0.2, 0.25) is 0 Å². The van der Waals surface area contributed by atoms with Crippen LogP contribution in [0, 0.1) is 5.82 Å². The number of nitrogens with one attached hydrogen (secondary N) is 1. The maximum absolute atomic E-state index is 13.7. The summed E-state index contributed by atoms with van der Waals surface area (Å²) < 4.78 is 13.7. The van der Waals surface area contributed by atoms with Gasteiger partial charge in [0.05, 0.1) is 0 Å². The third kappa shape index (κ3) is 1.89. The van der Waals surface area contributed by atoms with Crippen LogP contribution in [0.5, 0.6) is 0 Å². The van der Waals surface area contributed by atoms with Gasteiger partial charge < -0.3 is 5.32 Å². The molecule has 0 aliphatic carbocycles. The lowest BCUT2D eigenvalue weighted by molar-refractivity contribution is -0.120. The summed E-state index contributed by atoms with van der Waals surface area (Å²) in [5, 5.41) is 4.07. The predicted molar refractivity (Wildman–Crippen MR) is 72.7 cm³/mol. The lowest BCUT2D eigenvalue weighted by atomic mass is 10.0. The van der Waals surface area contributed by atoms with Crippen LogP contribution in [0.1, 0.15) is 18.9 Å². The molecule has 0 spiro atoms. The molecule has 3 rings (SSSR count). The summed E-state index contributed by atoms with van der Waals surface area (Å²) in [7, 11) is 0. The van der Waals surface area contributed by atoms with Gasteiger partial charge in [0.15, 0.2) is 0 Å². The zero-order valence-corrected chi connectivity index (χ0v) is 10.5. The molecule has 0 saturated heterocycles. The minimum atomic E-state index is -0.334. The number of carbonyl (C=O) groups excluding carboxylic acids is 1. The topological polar surface area (TPSA) is 41.5 Å². The summed E-state index contributed by atoms with van der Waals surface area (Å²) in [4.78, 5) is 16.1. The molecule has 4 heteroatoms. The monoisotopic (exact) mass is 256 g/mol. The Balaban J connectivity index is 2.17. The number of hydrogen-bond donors (Lipinski definition) is 1. The molecule has 0 radical (unpaired) electrons. The van der Waals surface area contributed by atoms with E-state index in [0.717, 1.165) is 10.9 Å². The van der Waals surface area contributed by atoms with Gasteiger partial charge in [-0.1, -0.05) is 31.2 Å². The summed E-state index contributed by atoms with van der Waals surface area (Å²) in [6, 6.07) is 9.93. The SMILES string of the molecule is CCC1N=C(c2ccc(F)c3ccccc23)NC1=O. The molecule has 1 N–H and O–H groups in total. The fourth-order valence-corrected chi connectivity index (χ4v) is 2.33. The van der Waals surface area contributed by atoms with Gasteiger partial charge in [0.25, 0.3) is 0 Å². The number of aliphatic imine (C=N–C) groups is 1.